The van der Waals surface area contributed by atoms with Crippen LogP contribution in [-0.4, -0.2) is 16.1 Å². The van der Waals surface area contributed by atoms with Crippen molar-refractivity contribution in [3.8, 4) is 0 Å². The molecule has 1 heterocycles. The summed E-state index contributed by atoms with van der Waals surface area (Å²) in [5.41, 5.74) is 0.697. The van der Waals surface area contributed by atoms with Gasteiger partial charge in [-0.05, 0) is 23.8 Å². The minimum Gasteiger partial charge on any atom is -0.296 e. The lowest BCUT2D eigenvalue weighted by Gasteiger charge is -2.02. The fraction of sp³-hybridized carbons (Fsp3) is 0.0625. The molecule has 3 rings (SSSR count). The molecule has 0 radical (unpaired) electrons. The summed E-state index contributed by atoms with van der Waals surface area (Å²) < 4.78 is 26.7. The van der Waals surface area contributed by atoms with Crippen LogP contribution in [0, 0.1) is 11.6 Å². The molecule has 0 unspecified atom stereocenters. The molecule has 0 saturated carbocycles. The molecule has 1 amide bonds. The SMILES string of the molecule is O=C(Nc1nnc(Cc2ccccc2)s1)c1cc(F)ccc1F. The van der Waals surface area contributed by atoms with Crippen LogP contribution in [-0.2, 0) is 6.42 Å². The lowest BCUT2D eigenvalue weighted by molar-refractivity contribution is 0.102. The largest absolute Gasteiger partial charge is 0.296 e. The van der Waals surface area contributed by atoms with Crippen molar-refractivity contribution >= 4 is 22.4 Å². The second-order valence-corrected chi connectivity index (χ2v) is 5.80. The molecule has 23 heavy (non-hydrogen) atoms. The Bertz CT molecular complexity index is 836. The van der Waals surface area contributed by atoms with Crippen LogP contribution in [0.5, 0.6) is 0 Å². The molecule has 0 saturated heterocycles. The number of amides is 1. The quantitative estimate of drug-likeness (QED) is 0.794. The van der Waals surface area contributed by atoms with E-state index in [1.807, 2.05) is 30.3 Å². The van der Waals surface area contributed by atoms with Crippen molar-refractivity contribution in [1.82, 2.24) is 10.2 Å². The van der Waals surface area contributed by atoms with Gasteiger partial charge in [0.15, 0.2) is 0 Å². The third-order valence-electron chi connectivity index (χ3n) is 3.06. The van der Waals surface area contributed by atoms with Crippen molar-refractivity contribution in [3.05, 3.63) is 76.3 Å². The van der Waals surface area contributed by atoms with Crippen LogP contribution in [0.15, 0.2) is 48.5 Å². The number of aromatic nitrogens is 2. The molecule has 7 heteroatoms. The number of halogens is 2. The normalized spacial score (nSPS) is 10.5. The summed E-state index contributed by atoms with van der Waals surface area (Å²) in [5, 5.41) is 11.2. The highest BCUT2D eigenvalue weighted by Crippen LogP contribution is 2.20. The molecule has 0 atom stereocenters. The maximum absolute atomic E-state index is 13.6. The summed E-state index contributed by atoms with van der Waals surface area (Å²) in [7, 11) is 0. The van der Waals surface area contributed by atoms with Crippen LogP contribution in [0.1, 0.15) is 20.9 Å². The fourth-order valence-electron chi connectivity index (χ4n) is 1.98. The Hall–Kier alpha value is -2.67. The van der Waals surface area contributed by atoms with Crippen LogP contribution in [0.25, 0.3) is 0 Å². The van der Waals surface area contributed by atoms with Gasteiger partial charge in [-0.25, -0.2) is 8.78 Å². The van der Waals surface area contributed by atoms with Crippen molar-refractivity contribution in [2.45, 2.75) is 6.42 Å². The number of anilines is 1. The van der Waals surface area contributed by atoms with E-state index in [2.05, 4.69) is 15.5 Å². The van der Waals surface area contributed by atoms with Crippen molar-refractivity contribution in [1.29, 1.82) is 0 Å². The van der Waals surface area contributed by atoms with E-state index < -0.39 is 17.5 Å². The van der Waals surface area contributed by atoms with Gasteiger partial charge in [-0.2, -0.15) is 0 Å². The summed E-state index contributed by atoms with van der Waals surface area (Å²) in [6, 6.07) is 12.4. The van der Waals surface area contributed by atoms with E-state index >= 15 is 0 Å². The third kappa shape index (κ3) is 3.75. The first-order valence-electron chi connectivity index (χ1n) is 6.74. The Morgan fingerprint density at radius 2 is 1.87 bits per heavy atom. The summed E-state index contributed by atoms with van der Waals surface area (Å²) >= 11 is 1.19. The maximum Gasteiger partial charge on any atom is 0.260 e. The molecule has 1 N–H and O–H groups in total. The van der Waals surface area contributed by atoms with Gasteiger partial charge in [0.1, 0.15) is 16.6 Å². The fourth-order valence-corrected chi connectivity index (χ4v) is 2.75. The number of hydrogen-bond donors (Lipinski definition) is 1. The lowest BCUT2D eigenvalue weighted by Crippen LogP contribution is -2.13. The number of benzene rings is 2. The lowest BCUT2D eigenvalue weighted by atomic mass is 10.2. The summed E-state index contributed by atoms with van der Waals surface area (Å²) in [5.74, 6) is -2.24. The molecular formula is C16H11F2N3OS. The van der Waals surface area contributed by atoms with Gasteiger partial charge in [0.25, 0.3) is 5.91 Å². The predicted molar refractivity (Wildman–Crippen MR) is 83.5 cm³/mol. The van der Waals surface area contributed by atoms with Crippen LogP contribution < -0.4 is 5.32 Å². The zero-order chi connectivity index (χ0) is 16.2. The molecule has 0 aliphatic carbocycles. The number of carbonyl (C=O) groups is 1. The highest BCUT2D eigenvalue weighted by atomic mass is 32.1. The minimum atomic E-state index is -0.794. The van der Waals surface area contributed by atoms with Crippen molar-refractivity contribution in [3.63, 3.8) is 0 Å². The number of nitrogens with one attached hydrogen (secondary N) is 1. The van der Waals surface area contributed by atoms with Gasteiger partial charge in [0.2, 0.25) is 5.13 Å². The number of hydrogen-bond acceptors (Lipinski definition) is 4. The Morgan fingerprint density at radius 3 is 2.65 bits per heavy atom. The Balaban J connectivity index is 1.71. The number of nitrogens with zero attached hydrogens (tertiary/aromatic N) is 2. The summed E-state index contributed by atoms with van der Waals surface area (Å²) in [6.07, 6.45) is 0.586. The second kappa shape index (κ2) is 6.62. The molecule has 0 aliphatic heterocycles. The van der Waals surface area contributed by atoms with Crippen LogP contribution in [0.2, 0.25) is 0 Å². The maximum atomic E-state index is 13.6. The number of rotatable bonds is 4. The zero-order valence-corrected chi connectivity index (χ0v) is 12.6. The monoisotopic (exact) mass is 331 g/mol. The molecule has 2 aromatic carbocycles. The van der Waals surface area contributed by atoms with E-state index in [9.17, 15) is 13.6 Å². The Morgan fingerprint density at radius 1 is 1.09 bits per heavy atom. The third-order valence-corrected chi connectivity index (χ3v) is 3.90. The average molecular weight is 331 g/mol. The minimum absolute atomic E-state index is 0.240. The predicted octanol–water partition coefficient (Wildman–Crippen LogP) is 3.66. The van der Waals surface area contributed by atoms with Crippen molar-refractivity contribution in [2.24, 2.45) is 0 Å². The molecule has 4 nitrogen and oxygen atoms in total. The first-order chi connectivity index (χ1) is 11.1. The summed E-state index contributed by atoms with van der Waals surface area (Å²) in [4.78, 5) is 12.0. The Labute approximate surface area is 134 Å². The molecule has 0 fully saturated rings. The van der Waals surface area contributed by atoms with E-state index in [-0.39, 0.29) is 10.7 Å². The van der Waals surface area contributed by atoms with Crippen LogP contribution >= 0.6 is 11.3 Å². The van der Waals surface area contributed by atoms with Gasteiger partial charge in [-0.3, -0.25) is 10.1 Å². The highest BCUT2D eigenvalue weighted by molar-refractivity contribution is 7.15. The van der Waals surface area contributed by atoms with Gasteiger partial charge in [-0.1, -0.05) is 41.7 Å². The van der Waals surface area contributed by atoms with E-state index in [0.717, 1.165) is 23.8 Å². The first kappa shape index (κ1) is 15.2. The van der Waals surface area contributed by atoms with Gasteiger partial charge >= 0.3 is 0 Å². The molecule has 0 bridgehead atoms. The van der Waals surface area contributed by atoms with Gasteiger partial charge in [-0.15, -0.1) is 10.2 Å². The first-order valence-corrected chi connectivity index (χ1v) is 7.56. The molecule has 0 aliphatic rings. The molecule has 0 spiro atoms. The zero-order valence-electron chi connectivity index (χ0n) is 11.8. The molecule has 3 aromatic rings. The highest BCUT2D eigenvalue weighted by Gasteiger charge is 2.15. The molecule has 116 valence electrons. The van der Waals surface area contributed by atoms with E-state index in [4.69, 9.17) is 0 Å². The standard InChI is InChI=1S/C16H11F2N3OS/c17-11-6-7-13(18)12(9-11)15(22)19-16-21-20-14(23-16)8-10-4-2-1-3-5-10/h1-7,9H,8H2,(H,19,21,22). The van der Waals surface area contributed by atoms with Gasteiger partial charge in [0.05, 0.1) is 5.56 Å². The van der Waals surface area contributed by atoms with E-state index in [1.165, 1.54) is 11.3 Å². The smallest absolute Gasteiger partial charge is 0.260 e. The summed E-state index contributed by atoms with van der Waals surface area (Å²) in [6.45, 7) is 0. The van der Waals surface area contributed by atoms with Gasteiger partial charge < -0.3 is 0 Å². The van der Waals surface area contributed by atoms with Gasteiger partial charge in [0, 0.05) is 6.42 Å². The second-order valence-electron chi connectivity index (χ2n) is 4.74. The van der Waals surface area contributed by atoms with Crippen molar-refractivity contribution < 1.29 is 13.6 Å². The number of carbonyl (C=O) groups excluding carboxylic acids is 1. The van der Waals surface area contributed by atoms with Crippen LogP contribution in [0.4, 0.5) is 13.9 Å². The van der Waals surface area contributed by atoms with E-state index in [1.54, 1.807) is 0 Å². The topological polar surface area (TPSA) is 54.9 Å². The molecule has 1 aromatic heterocycles. The van der Waals surface area contributed by atoms with Crippen molar-refractivity contribution in [2.75, 3.05) is 5.32 Å². The van der Waals surface area contributed by atoms with E-state index in [0.29, 0.717) is 11.4 Å². The average Bonchev–Trinajstić information content (AvgIpc) is 2.97. The van der Waals surface area contributed by atoms with Crippen LogP contribution in [0.3, 0.4) is 0 Å². The molecular weight excluding hydrogens is 320 g/mol. The Kier molecular flexibility index (Phi) is 4.38.